The van der Waals surface area contributed by atoms with Crippen LogP contribution in [0.15, 0.2) is 12.4 Å². The third-order valence-corrected chi connectivity index (χ3v) is 1.74. The van der Waals surface area contributed by atoms with Gasteiger partial charge in [-0.25, -0.2) is 0 Å². The second-order valence-corrected chi connectivity index (χ2v) is 2.73. The van der Waals surface area contributed by atoms with Gasteiger partial charge in [0.15, 0.2) is 0 Å². The summed E-state index contributed by atoms with van der Waals surface area (Å²) in [5.74, 6) is 0. The topological polar surface area (TPSA) is 47.1 Å². The monoisotopic (exact) mass is 158 g/mol. The van der Waals surface area contributed by atoms with Crippen molar-refractivity contribution in [1.82, 2.24) is 9.78 Å². The molecular weight excluding hydrogens is 148 g/mol. The zero-order valence-corrected chi connectivity index (χ0v) is 6.80. The molecule has 0 amide bonds. The summed E-state index contributed by atoms with van der Waals surface area (Å²) >= 11 is 1.17. The van der Waals surface area contributed by atoms with Crippen LogP contribution in [0.4, 0.5) is 5.69 Å². The van der Waals surface area contributed by atoms with Crippen molar-refractivity contribution in [3.8, 4) is 0 Å². The lowest BCUT2D eigenvalue weighted by Crippen LogP contribution is -2.08. The van der Waals surface area contributed by atoms with Gasteiger partial charge in [0.05, 0.1) is 11.9 Å². The van der Waals surface area contributed by atoms with Crippen LogP contribution < -0.4 is 9.44 Å². The number of nitrogens with zero attached hydrogens (tertiary/aromatic N) is 3. The second-order valence-electron chi connectivity index (χ2n) is 1.98. The third-order valence-electron chi connectivity index (χ3n) is 1.21. The van der Waals surface area contributed by atoms with Crippen LogP contribution in [0.5, 0.6) is 0 Å². The fourth-order valence-corrected chi connectivity index (χ4v) is 0.848. The minimum absolute atomic E-state index is 1.01. The van der Waals surface area contributed by atoms with E-state index in [0.717, 1.165) is 5.69 Å². The maximum Gasteiger partial charge on any atom is 0.0858 e. The zero-order chi connectivity index (χ0) is 7.56. The van der Waals surface area contributed by atoms with Crippen molar-refractivity contribution in [2.45, 2.75) is 0 Å². The third kappa shape index (κ3) is 1.43. The number of rotatable bonds is 2. The second kappa shape index (κ2) is 2.94. The highest BCUT2D eigenvalue weighted by molar-refractivity contribution is 7.98. The minimum atomic E-state index is 1.01. The van der Waals surface area contributed by atoms with Gasteiger partial charge in [0.25, 0.3) is 0 Å². The van der Waals surface area contributed by atoms with Crippen LogP contribution in [0.3, 0.4) is 0 Å². The first-order valence-electron chi connectivity index (χ1n) is 2.83. The molecule has 0 atom stereocenters. The van der Waals surface area contributed by atoms with Gasteiger partial charge in [0, 0.05) is 32.4 Å². The summed E-state index contributed by atoms with van der Waals surface area (Å²) in [6.07, 6.45) is 3.67. The Morgan fingerprint density at radius 2 is 2.50 bits per heavy atom. The highest BCUT2D eigenvalue weighted by atomic mass is 32.2. The Hall–Kier alpha value is -0.680. The van der Waals surface area contributed by atoms with Crippen molar-refractivity contribution in [1.29, 1.82) is 0 Å². The van der Waals surface area contributed by atoms with E-state index in [1.807, 2.05) is 24.6 Å². The average molecular weight is 158 g/mol. The van der Waals surface area contributed by atoms with Gasteiger partial charge in [-0.15, -0.1) is 0 Å². The Morgan fingerprint density at radius 3 is 2.90 bits per heavy atom. The molecule has 56 valence electrons. The van der Waals surface area contributed by atoms with Crippen LogP contribution in [-0.2, 0) is 7.05 Å². The van der Waals surface area contributed by atoms with Gasteiger partial charge in [-0.05, 0) is 0 Å². The molecule has 0 spiro atoms. The van der Waals surface area contributed by atoms with Crippen LogP contribution in [0.25, 0.3) is 0 Å². The quantitative estimate of drug-likeness (QED) is 0.632. The molecule has 1 aromatic heterocycles. The van der Waals surface area contributed by atoms with E-state index in [2.05, 4.69) is 5.10 Å². The summed E-state index contributed by atoms with van der Waals surface area (Å²) in [5, 5.41) is 9.31. The predicted molar refractivity (Wildman–Crippen MR) is 43.4 cm³/mol. The molecule has 0 aliphatic carbocycles. The molecular formula is C5H10N4S. The smallest absolute Gasteiger partial charge is 0.0858 e. The number of hydrogen-bond acceptors (Lipinski definition) is 4. The molecule has 0 radical (unpaired) electrons. The summed E-state index contributed by atoms with van der Waals surface area (Å²) in [5.41, 5.74) is 1.01. The molecule has 4 nitrogen and oxygen atoms in total. The number of aromatic nitrogens is 2. The number of aryl methyl sites for hydroxylation is 1. The van der Waals surface area contributed by atoms with Crippen molar-refractivity contribution in [2.24, 2.45) is 12.2 Å². The van der Waals surface area contributed by atoms with E-state index < -0.39 is 0 Å². The van der Waals surface area contributed by atoms with E-state index in [1.165, 1.54) is 12.1 Å². The molecule has 0 unspecified atom stereocenters. The molecule has 10 heavy (non-hydrogen) atoms. The van der Waals surface area contributed by atoms with Gasteiger partial charge < -0.3 is 4.31 Å². The Morgan fingerprint density at radius 1 is 1.80 bits per heavy atom. The summed E-state index contributed by atoms with van der Waals surface area (Å²) in [6.45, 7) is 0. The van der Waals surface area contributed by atoms with Gasteiger partial charge in [-0.1, -0.05) is 0 Å². The van der Waals surface area contributed by atoms with Crippen molar-refractivity contribution in [3.63, 3.8) is 0 Å². The molecule has 5 heteroatoms. The standard InChI is InChI=1S/C5H10N4S/c1-8-4-5(3-7-8)9(2)10-6/h3-4H,6H2,1-2H3. The fraction of sp³-hybridized carbons (Fsp3) is 0.400. The first-order chi connectivity index (χ1) is 4.74. The van der Waals surface area contributed by atoms with Crippen molar-refractivity contribution in [3.05, 3.63) is 12.4 Å². The van der Waals surface area contributed by atoms with Gasteiger partial charge >= 0.3 is 0 Å². The minimum Gasteiger partial charge on any atom is -0.304 e. The van der Waals surface area contributed by atoms with E-state index in [-0.39, 0.29) is 0 Å². The van der Waals surface area contributed by atoms with Gasteiger partial charge in [0.1, 0.15) is 0 Å². The Balaban J connectivity index is 2.74. The van der Waals surface area contributed by atoms with E-state index >= 15 is 0 Å². The molecule has 1 heterocycles. The van der Waals surface area contributed by atoms with E-state index in [4.69, 9.17) is 5.14 Å². The molecule has 0 fully saturated rings. The van der Waals surface area contributed by atoms with Crippen molar-refractivity contribution >= 4 is 17.8 Å². The highest BCUT2D eigenvalue weighted by Gasteiger charge is 1.99. The average Bonchev–Trinajstić information content (AvgIpc) is 2.34. The van der Waals surface area contributed by atoms with Crippen LogP contribution in [0.1, 0.15) is 0 Å². The van der Waals surface area contributed by atoms with Gasteiger partial charge in [0.2, 0.25) is 0 Å². The number of hydrogen-bond donors (Lipinski definition) is 1. The molecule has 0 aliphatic rings. The Kier molecular flexibility index (Phi) is 2.18. The van der Waals surface area contributed by atoms with Crippen LogP contribution in [-0.4, -0.2) is 16.8 Å². The molecule has 1 rings (SSSR count). The van der Waals surface area contributed by atoms with Crippen LogP contribution in [0.2, 0.25) is 0 Å². The summed E-state index contributed by atoms with van der Waals surface area (Å²) < 4.78 is 3.58. The van der Waals surface area contributed by atoms with Gasteiger partial charge in [-0.2, -0.15) is 5.10 Å². The van der Waals surface area contributed by atoms with E-state index in [9.17, 15) is 0 Å². The zero-order valence-electron chi connectivity index (χ0n) is 5.98. The summed E-state index contributed by atoms with van der Waals surface area (Å²) in [6, 6.07) is 0. The SMILES string of the molecule is CN(SN)c1cnn(C)c1. The van der Waals surface area contributed by atoms with E-state index in [1.54, 1.807) is 10.9 Å². The highest BCUT2D eigenvalue weighted by Crippen LogP contribution is 2.13. The molecule has 0 saturated heterocycles. The summed E-state index contributed by atoms with van der Waals surface area (Å²) in [4.78, 5) is 0. The maximum atomic E-state index is 5.32. The van der Waals surface area contributed by atoms with Crippen LogP contribution >= 0.6 is 12.1 Å². The Labute approximate surface area is 64.3 Å². The molecule has 2 N–H and O–H groups in total. The van der Waals surface area contributed by atoms with E-state index in [0.29, 0.717) is 0 Å². The number of nitrogens with two attached hydrogens (primary N) is 1. The van der Waals surface area contributed by atoms with Crippen molar-refractivity contribution in [2.75, 3.05) is 11.4 Å². The molecule has 0 saturated carbocycles. The molecule has 1 aromatic rings. The van der Waals surface area contributed by atoms with Crippen LogP contribution in [0, 0.1) is 0 Å². The summed E-state index contributed by atoms with van der Waals surface area (Å²) in [7, 11) is 3.76. The number of anilines is 1. The molecule has 0 aromatic carbocycles. The Bertz CT molecular complexity index is 209. The lowest BCUT2D eigenvalue weighted by molar-refractivity contribution is 0.768. The lowest BCUT2D eigenvalue weighted by atomic mass is 10.6. The maximum absolute atomic E-state index is 5.32. The normalized spacial score (nSPS) is 9.90. The van der Waals surface area contributed by atoms with Crippen molar-refractivity contribution < 1.29 is 0 Å². The fourth-order valence-electron chi connectivity index (χ4n) is 0.632. The molecule has 0 aliphatic heterocycles. The van der Waals surface area contributed by atoms with Gasteiger partial charge in [-0.3, -0.25) is 9.82 Å². The largest absolute Gasteiger partial charge is 0.304 e. The molecule has 0 bridgehead atoms. The lowest BCUT2D eigenvalue weighted by Gasteiger charge is -2.09. The predicted octanol–water partition coefficient (Wildman–Crippen LogP) is 0.378. The first-order valence-corrected chi connectivity index (χ1v) is 3.67. The first kappa shape index (κ1) is 7.43.